The monoisotopic (exact) mass is 310 g/mol. The number of carbonyl (C=O) groups is 1. The Kier molecular flexibility index (Phi) is 5.11. The molecular weight excluding hydrogens is 296 g/mol. The van der Waals surface area contributed by atoms with Crippen molar-refractivity contribution in [3.8, 4) is 5.75 Å². The molecule has 1 heterocycles. The van der Waals surface area contributed by atoms with E-state index in [9.17, 15) is 4.79 Å². The van der Waals surface area contributed by atoms with Crippen molar-refractivity contribution in [3.63, 3.8) is 0 Å². The number of ketones is 1. The normalized spacial score (nSPS) is 10.6. The van der Waals surface area contributed by atoms with Gasteiger partial charge < -0.3 is 10.5 Å². The quantitative estimate of drug-likeness (QED) is 0.833. The van der Waals surface area contributed by atoms with Crippen molar-refractivity contribution in [2.45, 2.75) is 12.8 Å². The molecule has 1 aromatic carbocycles. The lowest BCUT2D eigenvalue weighted by Crippen LogP contribution is -2.07. The summed E-state index contributed by atoms with van der Waals surface area (Å²) in [5.74, 6) is 0.602. The number of halogens is 1. The Balaban J connectivity index is 2.16. The second-order valence-electron chi connectivity index (χ2n) is 4.22. The van der Waals surface area contributed by atoms with Gasteiger partial charge in [0.05, 0.1) is 12.1 Å². The summed E-state index contributed by atoms with van der Waals surface area (Å²) in [6.45, 7) is 0.531. The third kappa shape index (κ3) is 3.56. The zero-order chi connectivity index (χ0) is 14.5. The lowest BCUT2D eigenvalue weighted by Gasteiger charge is -2.07. The molecule has 0 bridgehead atoms. The minimum atomic E-state index is -0.0508. The highest BCUT2D eigenvalue weighted by Crippen LogP contribution is 2.24. The highest BCUT2D eigenvalue weighted by atomic mass is 35.5. The van der Waals surface area contributed by atoms with Crippen LogP contribution in [0, 0.1) is 0 Å². The van der Waals surface area contributed by atoms with Crippen molar-refractivity contribution in [2.75, 3.05) is 13.7 Å². The second kappa shape index (κ2) is 6.83. The van der Waals surface area contributed by atoms with Crippen molar-refractivity contribution < 1.29 is 9.53 Å². The Labute approximate surface area is 126 Å². The number of hydrogen-bond acceptors (Lipinski definition) is 5. The zero-order valence-electron chi connectivity index (χ0n) is 11.1. The molecule has 0 unspecified atom stereocenters. The average molecular weight is 311 g/mol. The molecule has 1 aromatic heterocycles. The molecule has 0 aliphatic heterocycles. The second-order valence-corrected chi connectivity index (χ2v) is 5.60. The van der Waals surface area contributed by atoms with Gasteiger partial charge in [0.1, 0.15) is 11.4 Å². The van der Waals surface area contributed by atoms with E-state index in [1.54, 1.807) is 30.7 Å². The van der Waals surface area contributed by atoms with Gasteiger partial charge in [-0.15, -0.1) is 11.3 Å². The third-order valence-electron chi connectivity index (χ3n) is 2.79. The Bertz CT molecular complexity index is 613. The highest BCUT2D eigenvalue weighted by Gasteiger charge is 2.14. The van der Waals surface area contributed by atoms with Crippen LogP contribution < -0.4 is 10.5 Å². The molecule has 0 amide bonds. The molecule has 0 aliphatic rings. The summed E-state index contributed by atoms with van der Waals surface area (Å²) < 4.78 is 5.24. The molecule has 106 valence electrons. The first kappa shape index (κ1) is 15.0. The maximum atomic E-state index is 12.2. The number of carbonyl (C=O) groups excluding carboxylic acids is 1. The van der Waals surface area contributed by atoms with E-state index >= 15 is 0 Å². The first-order valence-corrected chi connectivity index (χ1v) is 7.40. The van der Waals surface area contributed by atoms with E-state index < -0.39 is 0 Å². The van der Waals surface area contributed by atoms with Gasteiger partial charge in [-0.05, 0) is 24.7 Å². The molecule has 4 nitrogen and oxygen atoms in total. The molecule has 6 heteroatoms. The van der Waals surface area contributed by atoms with Crippen LogP contribution in [-0.2, 0) is 12.8 Å². The van der Waals surface area contributed by atoms with Crippen LogP contribution >= 0.6 is 22.9 Å². The van der Waals surface area contributed by atoms with Crippen molar-refractivity contribution in [3.05, 3.63) is 44.9 Å². The lowest BCUT2D eigenvalue weighted by molar-refractivity contribution is 0.0988. The smallest absolute Gasteiger partial charge is 0.186 e. The number of Topliss-reactive ketones (excluding diaryl/α,β-unsaturated/α-hetero) is 1. The largest absolute Gasteiger partial charge is 0.496 e. The fourth-order valence-electron chi connectivity index (χ4n) is 1.83. The maximum absolute atomic E-state index is 12.2. The van der Waals surface area contributed by atoms with E-state index in [0.29, 0.717) is 29.4 Å². The van der Waals surface area contributed by atoms with Crippen LogP contribution in [0.25, 0.3) is 0 Å². The molecule has 20 heavy (non-hydrogen) atoms. The van der Waals surface area contributed by atoms with E-state index in [2.05, 4.69) is 4.98 Å². The predicted molar refractivity (Wildman–Crippen MR) is 80.9 cm³/mol. The number of thiazole rings is 1. The molecule has 2 aromatic rings. The summed E-state index contributed by atoms with van der Waals surface area (Å²) in [5.41, 5.74) is 6.71. The van der Waals surface area contributed by atoms with Gasteiger partial charge in [-0.1, -0.05) is 11.6 Å². The first-order valence-electron chi connectivity index (χ1n) is 6.14. The average Bonchev–Trinajstić information content (AvgIpc) is 2.88. The molecule has 0 aliphatic carbocycles. The van der Waals surface area contributed by atoms with E-state index in [1.165, 1.54) is 11.3 Å². The third-order valence-corrected chi connectivity index (χ3v) is 3.93. The fourth-order valence-corrected chi connectivity index (χ4v) is 2.84. The summed E-state index contributed by atoms with van der Waals surface area (Å²) in [6, 6.07) is 5.23. The van der Waals surface area contributed by atoms with Gasteiger partial charge in [-0.2, -0.15) is 0 Å². The van der Waals surface area contributed by atoms with E-state index in [-0.39, 0.29) is 12.2 Å². The standard InChI is InChI=1S/C14H15ClN2O2S/c1-19-13-3-2-10(15)6-9(13)7-12(18)11-8-20-14(17-11)4-5-16/h2-3,6,8H,4-5,7,16H2,1H3. The van der Waals surface area contributed by atoms with Crippen LogP contribution in [0.5, 0.6) is 5.75 Å². The number of ether oxygens (including phenoxy) is 1. The molecular formula is C14H15ClN2O2S. The van der Waals surface area contributed by atoms with Gasteiger partial charge in [0.15, 0.2) is 5.78 Å². The number of aromatic nitrogens is 1. The van der Waals surface area contributed by atoms with Gasteiger partial charge in [-0.3, -0.25) is 4.79 Å². The number of nitrogens with two attached hydrogens (primary N) is 1. The zero-order valence-corrected chi connectivity index (χ0v) is 12.6. The summed E-state index contributed by atoms with van der Waals surface area (Å²) >= 11 is 7.41. The molecule has 0 saturated heterocycles. The minimum absolute atomic E-state index is 0.0508. The van der Waals surface area contributed by atoms with Crippen LogP contribution in [0.2, 0.25) is 5.02 Å². The Hall–Kier alpha value is -1.43. The van der Waals surface area contributed by atoms with Gasteiger partial charge in [0.2, 0.25) is 0 Å². The summed E-state index contributed by atoms with van der Waals surface area (Å²) in [6.07, 6.45) is 0.911. The van der Waals surface area contributed by atoms with Crippen molar-refractivity contribution >= 4 is 28.7 Å². The fraction of sp³-hybridized carbons (Fsp3) is 0.286. The Morgan fingerprint density at radius 2 is 2.30 bits per heavy atom. The van der Waals surface area contributed by atoms with Crippen LogP contribution in [0.3, 0.4) is 0 Å². The number of benzene rings is 1. The van der Waals surface area contributed by atoms with Gasteiger partial charge in [0.25, 0.3) is 0 Å². The Morgan fingerprint density at radius 3 is 3.00 bits per heavy atom. The predicted octanol–water partition coefficient (Wildman–Crippen LogP) is 2.73. The maximum Gasteiger partial charge on any atom is 0.186 e. The summed E-state index contributed by atoms with van der Waals surface area (Å²) in [4.78, 5) is 16.5. The minimum Gasteiger partial charge on any atom is -0.496 e. The SMILES string of the molecule is COc1ccc(Cl)cc1CC(=O)c1csc(CCN)n1. The molecule has 2 N–H and O–H groups in total. The number of methoxy groups -OCH3 is 1. The van der Waals surface area contributed by atoms with Gasteiger partial charge in [0, 0.05) is 28.8 Å². The number of nitrogens with zero attached hydrogens (tertiary/aromatic N) is 1. The van der Waals surface area contributed by atoms with E-state index in [0.717, 1.165) is 10.6 Å². The van der Waals surface area contributed by atoms with Crippen LogP contribution in [0.4, 0.5) is 0 Å². The van der Waals surface area contributed by atoms with Crippen LogP contribution in [0.1, 0.15) is 21.1 Å². The first-order chi connectivity index (χ1) is 9.63. The summed E-state index contributed by atoms with van der Waals surface area (Å²) in [5, 5.41) is 3.23. The molecule has 2 rings (SSSR count). The van der Waals surface area contributed by atoms with Crippen molar-refractivity contribution in [2.24, 2.45) is 5.73 Å². The number of hydrogen-bond donors (Lipinski definition) is 1. The summed E-state index contributed by atoms with van der Waals surface area (Å²) in [7, 11) is 1.57. The van der Waals surface area contributed by atoms with Crippen molar-refractivity contribution in [1.82, 2.24) is 4.98 Å². The van der Waals surface area contributed by atoms with E-state index in [4.69, 9.17) is 22.1 Å². The lowest BCUT2D eigenvalue weighted by atomic mass is 10.1. The molecule has 0 saturated carbocycles. The number of rotatable bonds is 6. The van der Waals surface area contributed by atoms with Crippen LogP contribution in [0.15, 0.2) is 23.6 Å². The molecule has 0 spiro atoms. The molecule has 0 fully saturated rings. The Morgan fingerprint density at radius 1 is 1.50 bits per heavy atom. The van der Waals surface area contributed by atoms with Crippen molar-refractivity contribution in [1.29, 1.82) is 0 Å². The molecule has 0 atom stereocenters. The van der Waals surface area contributed by atoms with E-state index in [1.807, 2.05) is 0 Å². The van der Waals surface area contributed by atoms with Gasteiger partial charge in [-0.25, -0.2) is 4.98 Å². The highest BCUT2D eigenvalue weighted by molar-refractivity contribution is 7.09. The molecule has 0 radical (unpaired) electrons. The van der Waals surface area contributed by atoms with Gasteiger partial charge >= 0.3 is 0 Å². The topological polar surface area (TPSA) is 65.2 Å². The van der Waals surface area contributed by atoms with Crippen LogP contribution in [-0.4, -0.2) is 24.4 Å².